The Bertz CT molecular complexity index is 1190. The fourth-order valence-corrected chi connectivity index (χ4v) is 9.35. The second kappa shape index (κ2) is 57.9. The number of nitrogens with one attached hydrogen (secondary N) is 1. The fraction of sp³-hybridized carbons (Fsp3) is 0.828. The molecular weight excluding hydrogens is 863 g/mol. The molecule has 0 saturated heterocycles. The highest BCUT2D eigenvalue weighted by atomic mass is 16.3. The van der Waals surface area contributed by atoms with Gasteiger partial charge in [-0.1, -0.05) is 274 Å². The SMILES string of the molecule is CCCCC/C=C/CC/C=C/CC/C=C/CCCC(O)C(O)C(CO)NC(=O)C(O)CCCCCCCCCCCCCCCCCC/C=C\C/C=C\CCCCCCCCCCCCCCCCC. The zero-order valence-electron chi connectivity index (χ0n) is 46.5. The number of carbonyl (C=O) groups excluding carboxylic acids is 1. The first kappa shape index (κ1) is 68.0. The highest BCUT2D eigenvalue weighted by Crippen LogP contribution is 2.17. The van der Waals surface area contributed by atoms with Gasteiger partial charge in [0.1, 0.15) is 12.2 Å². The van der Waals surface area contributed by atoms with Crippen LogP contribution in [0.3, 0.4) is 0 Å². The minimum Gasteiger partial charge on any atom is -0.394 e. The van der Waals surface area contributed by atoms with Crippen LogP contribution in [0.25, 0.3) is 0 Å². The molecule has 0 aromatic heterocycles. The highest BCUT2D eigenvalue weighted by molar-refractivity contribution is 5.80. The predicted octanol–water partition coefficient (Wildman–Crippen LogP) is 18.3. The van der Waals surface area contributed by atoms with Gasteiger partial charge in [-0.15, -0.1) is 0 Å². The highest BCUT2D eigenvalue weighted by Gasteiger charge is 2.28. The van der Waals surface area contributed by atoms with Crippen LogP contribution >= 0.6 is 0 Å². The first-order chi connectivity index (χ1) is 34.5. The Hall–Kier alpha value is -1.99. The van der Waals surface area contributed by atoms with Crippen molar-refractivity contribution in [3.05, 3.63) is 60.8 Å². The number of amides is 1. The van der Waals surface area contributed by atoms with Crippen molar-refractivity contribution in [2.24, 2.45) is 0 Å². The van der Waals surface area contributed by atoms with Crippen LogP contribution in [0.1, 0.15) is 309 Å². The quantitative estimate of drug-likeness (QED) is 0.0308. The van der Waals surface area contributed by atoms with Gasteiger partial charge in [0.2, 0.25) is 5.91 Å². The molecule has 0 radical (unpaired) electrons. The van der Waals surface area contributed by atoms with E-state index in [2.05, 4.69) is 79.9 Å². The van der Waals surface area contributed by atoms with Crippen LogP contribution in [0.4, 0.5) is 0 Å². The Morgan fingerprint density at radius 1 is 0.357 bits per heavy atom. The van der Waals surface area contributed by atoms with E-state index in [1.54, 1.807) is 0 Å². The zero-order valence-corrected chi connectivity index (χ0v) is 46.5. The summed E-state index contributed by atoms with van der Waals surface area (Å²) in [6.07, 6.45) is 76.1. The van der Waals surface area contributed by atoms with Crippen LogP contribution in [0.5, 0.6) is 0 Å². The number of aliphatic hydroxyl groups excluding tert-OH is 4. The number of rotatable bonds is 56. The van der Waals surface area contributed by atoms with E-state index in [1.807, 2.05) is 0 Å². The van der Waals surface area contributed by atoms with Gasteiger partial charge in [-0.3, -0.25) is 4.79 Å². The van der Waals surface area contributed by atoms with Crippen molar-refractivity contribution in [2.45, 2.75) is 334 Å². The maximum Gasteiger partial charge on any atom is 0.249 e. The Labute approximate surface area is 435 Å². The van der Waals surface area contributed by atoms with Crippen molar-refractivity contribution >= 4 is 5.91 Å². The van der Waals surface area contributed by atoms with E-state index in [4.69, 9.17) is 0 Å². The van der Waals surface area contributed by atoms with Crippen molar-refractivity contribution in [2.75, 3.05) is 6.61 Å². The number of hydrogen-bond acceptors (Lipinski definition) is 5. The van der Waals surface area contributed by atoms with Gasteiger partial charge in [0, 0.05) is 0 Å². The lowest BCUT2D eigenvalue weighted by Gasteiger charge is -2.27. The second-order valence-corrected chi connectivity index (χ2v) is 21.0. The van der Waals surface area contributed by atoms with Gasteiger partial charge in [0.05, 0.1) is 18.8 Å². The molecule has 1 amide bonds. The summed E-state index contributed by atoms with van der Waals surface area (Å²) in [6.45, 7) is 4.03. The lowest BCUT2D eigenvalue weighted by atomic mass is 10.00. The summed E-state index contributed by atoms with van der Waals surface area (Å²) in [4.78, 5) is 12.6. The van der Waals surface area contributed by atoms with Crippen LogP contribution in [-0.4, -0.2) is 57.3 Å². The molecular formula is C64H119NO5. The van der Waals surface area contributed by atoms with Crippen LogP contribution in [0, 0.1) is 0 Å². The Balaban J connectivity index is 3.58. The van der Waals surface area contributed by atoms with Gasteiger partial charge in [0.25, 0.3) is 0 Å². The van der Waals surface area contributed by atoms with E-state index in [1.165, 1.54) is 218 Å². The van der Waals surface area contributed by atoms with E-state index in [-0.39, 0.29) is 0 Å². The average Bonchev–Trinajstić information content (AvgIpc) is 3.36. The van der Waals surface area contributed by atoms with Crippen molar-refractivity contribution in [3.8, 4) is 0 Å². The molecule has 0 rings (SSSR count). The average molecular weight is 983 g/mol. The third-order valence-corrected chi connectivity index (χ3v) is 14.2. The van der Waals surface area contributed by atoms with Crippen molar-refractivity contribution < 1.29 is 25.2 Å². The Kier molecular flexibility index (Phi) is 56.3. The maximum atomic E-state index is 12.6. The normalized spacial score (nSPS) is 14.1. The molecule has 410 valence electrons. The van der Waals surface area contributed by atoms with Crippen LogP contribution in [-0.2, 0) is 4.79 Å². The van der Waals surface area contributed by atoms with Crippen LogP contribution in [0.15, 0.2) is 60.8 Å². The molecule has 0 aromatic rings. The minimum atomic E-state index is -1.30. The molecule has 0 aliphatic heterocycles. The van der Waals surface area contributed by atoms with E-state index in [0.29, 0.717) is 19.3 Å². The molecule has 4 atom stereocenters. The van der Waals surface area contributed by atoms with E-state index >= 15 is 0 Å². The molecule has 0 spiro atoms. The second-order valence-electron chi connectivity index (χ2n) is 21.0. The third kappa shape index (κ3) is 50.9. The lowest BCUT2D eigenvalue weighted by Crippen LogP contribution is -2.53. The van der Waals surface area contributed by atoms with Crippen molar-refractivity contribution in [1.29, 1.82) is 0 Å². The summed E-state index contributed by atoms with van der Waals surface area (Å²) in [6, 6.07) is -1.01. The van der Waals surface area contributed by atoms with Gasteiger partial charge in [-0.05, 0) is 96.3 Å². The van der Waals surface area contributed by atoms with E-state index in [0.717, 1.165) is 57.8 Å². The number of hydrogen-bond donors (Lipinski definition) is 5. The van der Waals surface area contributed by atoms with E-state index in [9.17, 15) is 25.2 Å². The molecule has 0 bridgehead atoms. The summed E-state index contributed by atoms with van der Waals surface area (Å²) < 4.78 is 0. The van der Waals surface area contributed by atoms with Gasteiger partial charge < -0.3 is 25.7 Å². The monoisotopic (exact) mass is 982 g/mol. The topological polar surface area (TPSA) is 110 Å². The zero-order chi connectivity index (χ0) is 50.9. The minimum absolute atomic E-state index is 0.357. The molecule has 0 aliphatic rings. The van der Waals surface area contributed by atoms with Gasteiger partial charge in [0.15, 0.2) is 0 Å². The standard InChI is InChI=1S/C64H119NO5/c1-3-5-7-9-11-13-15-17-19-21-22-23-24-25-26-27-28-29-30-31-32-33-34-35-36-37-38-39-40-41-42-44-46-48-50-52-54-56-58-62(68)64(70)65-60(59-66)63(69)61(67)57-55-53-51-49-47-45-43-20-18-16-14-12-10-8-6-4-2/h12,14,20,28-29,31-32,43,49,51,60-63,66-69H,3-11,13,15-19,21-27,30,33-42,44-48,50,52-59H2,1-2H3,(H,65,70)/b14-12+,29-28-,32-31-,43-20+,51-49+. The number of allylic oxidation sites excluding steroid dienone is 10. The fourth-order valence-electron chi connectivity index (χ4n) is 9.35. The molecule has 0 fully saturated rings. The van der Waals surface area contributed by atoms with Crippen LogP contribution < -0.4 is 5.32 Å². The number of aliphatic hydroxyl groups is 4. The Morgan fingerprint density at radius 2 is 0.643 bits per heavy atom. The summed E-state index contributed by atoms with van der Waals surface area (Å²) in [5.41, 5.74) is 0. The summed E-state index contributed by atoms with van der Waals surface area (Å²) in [5, 5.41) is 43.9. The first-order valence-corrected chi connectivity index (χ1v) is 30.7. The molecule has 4 unspecified atom stereocenters. The molecule has 0 saturated carbocycles. The Morgan fingerprint density at radius 3 is 1.01 bits per heavy atom. The molecule has 70 heavy (non-hydrogen) atoms. The van der Waals surface area contributed by atoms with E-state index < -0.39 is 36.9 Å². The molecule has 0 heterocycles. The third-order valence-electron chi connectivity index (χ3n) is 14.2. The molecule has 0 aromatic carbocycles. The number of unbranched alkanes of at least 4 members (excludes halogenated alkanes) is 37. The molecule has 6 nitrogen and oxygen atoms in total. The maximum absolute atomic E-state index is 12.6. The molecule has 0 aliphatic carbocycles. The molecule has 6 heteroatoms. The first-order valence-electron chi connectivity index (χ1n) is 30.7. The van der Waals surface area contributed by atoms with Crippen molar-refractivity contribution in [1.82, 2.24) is 5.32 Å². The van der Waals surface area contributed by atoms with Crippen molar-refractivity contribution in [3.63, 3.8) is 0 Å². The lowest BCUT2D eigenvalue weighted by molar-refractivity contribution is -0.132. The predicted molar refractivity (Wildman–Crippen MR) is 306 cm³/mol. The number of carbonyl (C=O) groups is 1. The molecule has 5 N–H and O–H groups in total. The smallest absolute Gasteiger partial charge is 0.249 e. The van der Waals surface area contributed by atoms with Gasteiger partial charge >= 0.3 is 0 Å². The van der Waals surface area contributed by atoms with Crippen LogP contribution in [0.2, 0.25) is 0 Å². The van der Waals surface area contributed by atoms with Gasteiger partial charge in [-0.2, -0.15) is 0 Å². The summed E-state index contributed by atoms with van der Waals surface area (Å²) in [7, 11) is 0. The van der Waals surface area contributed by atoms with Gasteiger partial charge in [-0.25, -0.2) is 0 Å². The summed E-state index contributed by atoms with van der Waals surface area (Å²) in [5.74, 6) is -0.599. The largest absolute Gasteiger partial charge is 0.394 e. The summed E-state index contributed by atoms with van der Waals surface area (Å²) >= 11 is 0.